The lowest BCUT2D eigenvalue weighted by molar-refractivity contribution is -0.123. The van der Waals surface area contributed by atoms with Crippen molar-refractivity contribution in [3.8, 4) is 11.5 Å². The van der Waals surface area contributed by atoms with E-state index in [-0.39, 0.29) is 12.5 Å². The average Bonchev–Trinajstić information content (AvgIpc) is 3.08. The second kappa shape index (κ2) is 8.20. The van der Waals surface area contributed by atoms with E-state index < -0.39 is 0 Å². The van der Waals surface area contributed by atoms with Crippen LogP contribution in [0.15, 0.2) is 54.9 Å². The number of ether oxygens (including phenoxy) is 2. The first kappa shape index (κ1) is 17.5. The van der Waals surface area contributed by atoms with Crippen molar-refractivity contribution < 1.29 is 14.3 Å². The van der Waals surface area contributed by atoms with Crippen LogP contribution in [0, 0.1) is 0 Å². The average molecular weight is 351 g/mol. The molecule has 2 aromatic heterocycles. The number of hydrogen-bond donors (Lipinski definition) is 1. The summed E-state index contributed by atoms with van der Waals surface area (Å²) in [4.78, 5) is 16.5. The number of imidazole rings is 1. The number of allylic oxidation sites excluding steroid dienone is 1. The summed E-state index contributed by atoms with van der Waals surface area (Å²) in [6, 6.07) is 11.3. The Morgan fingerprint density at radius 1 is 1.27 bits per heavy atom. The second-order valence-electron chi connectivity index (χ2n) is 5.67. The van der Waals surface area contributed by atoms with E-state index >= 15 is 0 Å². The molecule has 0 unspecified atom stereocenters. The predicted molar refractivity (Wildman–Crippen MR) is 100 cm³/mol. The van der Waals surface area contributed by atoms with E-state index in [0.29, 0.717) is 18.0 Å². The molecule has 2 heterocycles. The van der Waals surface area contributed by atoms with Gasteiger partial charge in [0.05, 0.1) is 19.3 Å². The van der Waals surface area contributed by atoms with Gasteiger partial charge in [-0.1, -0.05) is 24.3 Å². The van der Waals surface area contributed by atoms with Crippen molar-refractivity contribution in [3.05, 3.63) is 66.1 Å². The van der Waals surface area contributed by atoms with Gasteiger partial charge in [0.1, 0.15) is 5.65 Å². The molecule has 0 aliphatic rings. The first-order chi connectivity index (χ1) is 12.7. The number of pyridine rings is 1. The van der Waals surface area contributed by atoms with E-state index in [4.69, 9.17) is 9.47 Å². The maximum absolute atomic E-state index is 12.1. The summed E-state index contributed by atoms with van der Waals surface area (Å²) in [6.45, 7) is 2.21. The molecule has 0 spiro atoms. The van der Waals surface area contributed by atoms with Crippen LogP contribution < -0.4 is 14.8 Å². The minimum absolute atomic E-state index is 0.0906. The van der Waals surface area contributed by atoms with Crippen LogP contribution in [0.2, 0.25) is 0 Å². The summed E-state index contributed by atoms with van der Waals surface area (Å²) in [7, 11) is 1.57. The molecule has 1 aromatic carbocycles. The standard InChI is InChI=1S/C20H21N3O3/c1-3-6-15-8-9-17(18(11-15)25-2)26-14-20(24)21-12-16-13-23-10-5-4-7-19(23)22-16/h3-11,13H,12,14H2,1-2H3,(H,21,24)/b6-3+. The van der Waals surface area contributed by atoms with E-state index in [1.54, 1.807) is 13.2 Å². The van der Waals surface area contributed by atoms with Gasteiger partial charge in [-0.15, -0.1) is 0 Å². The van der Waals surface area contributed by atoms with Gasteiger partial charge in [-0.05, 0) is 36.8 Å². The number of aromatic nitrogens is 2. The highest BCUT2D eigenvalue weighted by Gasteiger charge is 2.09. The number of amides is 1. The van der Waals surface area contributed by atoms with Crippen molar-refractivity contribution in [2.45, 2.75) is 13.5 Å². The molecule has 0 saturated carbocycles. The van der Waals surface area contributed by atoms with Gasteiger partial charge < -0.3 is 19.2 Å². The smallest absolute Gasteiger partial charge is 0.258 e. The van der Waals surface area contributed by atoms with E-state index in [9.17, 15) is 4.79 Å². The van der Waals surface area contributed by atoms with Gasteiger partial charge in [0, 0.05) is 12.4 Å². The summed E-state index contributed by atoms with van der Waals surface area (Å²) in [5, 5.41) is 2.81. The fourth-order valence-corrected chi connectivity index (χ4v) is 2.56. The molecule has 0 aliphatic heterocycles. The lowest BCUT2D eigenvalue weighted by Gasteiger charge is -2.11. The number of carbonyl (C=O) groups excluding carboxylic acids is 1. The van der Waals surface area contributed by atoms with E-state index in [1.165, 1.54) is 0 Å². The number of fused-ring (bicyclic) bond motifs is 1. The van der Waals surface area contributed by atoms with Gasteiger partial charge in [-0.3, -0.25) is 4.79 Å². The Labute approximate surface area is 152 Å². The minimum Gasteiger partial charge on any atom is -0.493 e. The van der Waals surface area contributed by atoms with Gasteiger partial charge in [0.25, 0.3) is 5.91 Å². The zero-order valence-corrected chi connectivity index (χ0v) is 14.8. The maximum Gasteiger partial charge on any atom is 0.258 e. The van der Waals surface area contributed by atoms with E-state index in [1.807, 2.05) is 66.2 Å². The van der Waals surface area contributed by atoms with Crippen LogP contribution in [0.1, 0.15) is 18.2 Å². The fraction of sp³-hybridized carbons (Fsp3) is 0.200. The van der Waals surface area contributed by atoms with Crippen LogP contribution in [0.5, 0.6) is 11.5 Å². The Bertz CT molecular complexity index is 898. The number of rotatable bonds is 7. The number of benzene rings is 1. The van der Waals surface area contributed by atoms with Crippen molar-refractivity contribution in [1.29, 1.82) is 0 Å². The molecule has 1 N–H and O–H groups in total. The molecule has 0 atom stereocenters. The van der Waals surface area contributed by atoms with Crippen molar-refractivity contribution in [3.63, 3.8) is 0 Å². The van der Waals surface area contributed by atoms with Crippen LogP contribution in [0.25, 0.3) is 11.7 Å². The number of methoxy groups -OCH3 is 1. The molecule has 0 aliphatic carbocycles. The summed E-state index contributed by atoms with van der Waals surface area (Å²) >= 11 is 0. The molecule has 1 amide bonds. The van der Waals surface area contributed by atoms with Crippen LogP contribution in [-0.4, -0.2) is 29.0 Å². The highest BCUT2D eigenvalue weighted by molar-refractivity contribution is 5.77. The molecule has 6 nitrogen and oxygen atoms in total. The Hall–Kier alpha value is -3.28. The molecule has 0 saturated heterocycles. The quantitative estimate of drug-likeness (QED) is 0.710. The molecule has 0 bridgehead atoms. The van der Waals surface area contributed by atoms with Gasteiger partial charge in [0.15, 0.2) is 18.1 Å². The van der Waals surface area contributed by atoms with Crippen LogP contribution in [0.4, 0.5) is 0 Å². The highest BCUT2D eigenvalue weighted by atomic mass is 16.5. The van der Waals surface area contributed by atoms with E-state index in [2.05, 4.69) is 10.3 Å². The van der Waals surface area contributed by atoms with Crippen LogP contribution in [0.3, 0.4) is 0 Å². The largest absolute Gasteiger partial charge is 0.493 e. The molecule has 134 valence electrons. The lowest BCUT2D eigenvalue weighted by Crippen LogP contribution is -2.28. The number of nitrogens with zero attached hydrogens (tertiary/aromatic N) is 2. The third-order valence-corrected chi connectivity index (χ3v) is 3.79. The zero-order valence-electron chi connectivity index (χ0n) is 14.8. The topological polar surface area (TPSA) is 64.9 Å². The van der Waals surface area contributed by atoms with Crippen molar-refractivity contribution in [2.24, 2.45) is 0 Å². The molecule has 0 fully saturated rings. The lowest BCUT2D eigenvalue weighted by atomic mass is 10.2. The van der Waals surface area contributed by atoms with Gasteiger partial charge >= 0.3 is 0 Å². The molecule has 3 aromatic rings. The van der Waals surface area contributed by atoms with E-state index in [0.717, 1.165) is 16.9 Å². The SMILES string of the molecule is C/C=C/c1ccc(OCC(=O)NCc2cn3ccccc3n2)c(OC)c1. The van der Waals surface area contributed by atoms with Crippen LogP contribution >= 0.6 is 0 Å². The third kappa shape index (κ3) is 4.22. The number of carbonyl (C=O) groups is 1. The Balaban J connectivity index is 1.55. The van der Waals surface area contributed by atoms with Gasteiger partial charge in [0.2, 0.25) is 0 Å². The monoisotopic (exact) mass is 351 g/mol. The summed E-state index contributed by atoms with van der Waals surface area (Å²) in [5.74, 6) is 0.902. The van der Waals surface area contributed by atoms with Crippen molar-refractivity contribution in [1.82, 2.24) is 14.7 Å². The molecule has 6 heteroatoms. The number of hydrogen-bond acceptors (Lipinski definition) is 4. The van der Waals surface area contributed by atoms with Crippen LogP contribution in [-0.2, 0) is 11.3 Å². The molecular formula is C20H21N3O3. The summed E-state index contributed by atoms with van der Waals surface area (Å²) in [6.07, 6.45) is 7.72. The first-order valence-corrected chi connectivity index (χ1v) is 8.32. The zero-order chi connectivity index (χ0) is 18.4. The summed E-state index contributed by atoms with van der Waals surface area (Å²) < 4.78 is 12.8. The Kier molecular flexibility index (Phi) is 5.53. The number of nitrogens with one attached hydrogen (secondary N) is 1. The van der Waals surface area contributed by atoms with Gasteiger partial charge in [-0.25, -0.2) is 4.98 Å². The highest BCUT2D eigenvalue weighted by Crippen LogP contribution is 2.28. The molecule has 26 heavy (non-hydrogen) atoms. The first-order valence-electron chi connectivity index (χ1n) is 8.32. The van der Waals surface area contributed by atoms with Crippen molar-refractivity contribution >= 4 is 17.6 Å². The maximum atomic E-state index is 12.1. The van der Waals surface area contributed by atoms with Crippen molar-refractivity contribution in [2.75, 3.05) is 13.7 Å². The predicted octanol–water partition coefficient (Wildman–Crippen LogP) is 3.07. The third-order valence-electron chi connectivity index (χ3n) is 3.79. The summed E-state index contributed by atoms with van der Waals surface area (Å²) in [5.41, 5.74) is 2.64. The Morgan fingerprint density at radius 3 is 2.92 bits per heavy atom. The van der Waals surface area contributed by atoms with Gasteiger partial charge in [-0.2, -0.15) is 0 Å². The molecule has 0 radical (unpaired) electrons. The molecule has 3 rings (SSSR count). The molecular weight excluding hydrogens is 330 g/mol. The second-order valence-corrected chi connectivity index (χ2v) is 5.67. The fourth-order valence-electron chi connectivity index (χ4n) is 2.56. The minimum atomic E-state index is -0.221. The normalized spacial score (nSPS) is 11.0. The Morgan fingerprint density at radius 2 is 2.15 bits per heavy atom.